The first-order valence-corrected chi connectivity index (χ1v) is 6.96. The summed E-state index contributed by atoms with van der Waals surface area (Å²) in [5, 5.41) is 13.0. The van der Waals surface area contributed by atoms with E-state index in [2.05, 4.69) is 30.1 Å². The Bertz CT molecular complexity index is 277. The van der Waals surface area contributed by atoms with Crippen LogP contribution in [0.4, 0.5) is 0 Å². The van der Waals surface area contributed by atoms with Gasteiger partial charge in [0.2, 0.25) is 0 Å². The predicted molar refractivity (Wildman–Crippen MR) is 74.6 cm³/mol. The highest BCUT2D eigenvalue weighted by Crippen LogP contribution is 2.18. The molecule has 1 saturated carbocycles. The van der Waals surface area contributed by atoms with Crippen molar-refractivity contribution in [1.82, 2.24) is 10.2 Å². The highest BCUT2D eigenvalue weighted by atomic mass is 32.1. The lowest BCUT2D eigenvalue weighted by atomic mass is 10.2. The molecule has 4 heteroatoms. The first-order valence-electron chi connectivity index (χ1n) is 6.56. The summed E-state index contributed by atoms with van der Waals surface area (Å²) < 4.78 is 0. The zero-order valence-electron chi connectivity index (χ0n) is 10.9. The zero-order chi connectivity index (χ0) is 12.7. The van der Waals surface area contributed by atoms with Gasteiger partial charge in [0.15, 0.2) is 5.11 Å². The molecule has 0 amide bonds. The SMILES string of the molecule is CC(C)CN(CCC#N)C(=S)NC1CCCC1. The molecule has 0 atom stereocenters. The van der Waals surface area contributed by atoms with Gasteiger partial charge in [0, 0.05) is 19.1 Å². The Morgan fingerprint density at radius 3 is 2.65 bits per heavy atom. The molecule has 0 heterocycles. The summed E-state index contributed by atoms with van der Waals surface area (Å²) in [6.07, 6.45) is 5.62. The molecule has 96 valence electrons. The van der Waals surface area contributed by atoms with Crippen molar-refractivity contribution in [1.29, 1.82) is 5.26 Å². The standard InChI is InChI=1S/C13H23N3S/c1-11(2)10-16(9-5-8-14)13(17)15-12-6-3-4-7-12/h11-12H,3-7,9-10H2,1-2H3,(H,15,17). The Kier molecular flexibility index (Phi) is 6.28. The average molecular weight is 253 g/mol. The Morgan fingerprint density at radius 1 is 1.47 bits per heavy atom. The van der Waals surface area contributed by atoms with Crippen LogP contribution in [0.1, 0.15) is 46.0 Å². The molecule has 0 bridgehead atoms. The summed E-state index contributed by atoms with van der Waals surface area (Å²) in [6.45, 7) is 6.03. The summed E-state index contributed by atoms with van der Waals surface area (Å²) in [5.74, 6) is 0.567. The Morgan fingerprint density at radius 2 is 2.12 bits per heavy atom. The van der Waals surface area contributed by atoms with Crippen LogP contribution in [0.5, 0.6) is 0 Å². The van der Waals surface area contributed by atoms with Gasteiger partial charge in [0.1, 0.15) is 0 Å². The number of nitrogens with one attached hydrogen (secondary N) is 1. The molecule has 0 unspecified atom stereocenters. The van der Waals surface area contributed by atoms with E-state index < -0.39 is 0 Å². The van der Waals surface area contributed by atoms with E-state index in [-0.39, 0.29) is 0 Å². The molecule has 1 fully saturated rings. The summed E-state index contributed by atoms with van der Waals surface area (Å²) in [6, 6.07) is 2.75. The lowest BCUT2D eigenvalue weighted by Gasteiger charge is -2.28. The molecule has 0 spiro atoms. The number of nitriles is 1. The van der Waals surface area contributed by atoms with Gasteiger partial charge in [-0.3, -0.25) is 0 Å². The van der Waals surface area contributed by atoms with E-state index in [1.807, 2.05) is 0 Å². The van der Waals surface area contributed by atoms with Crippen LogP contribution in [0.25, 0.3) is 0 Å². The van der Waals surface area contributed by atoms with Crippen molar-refractivity contribution in [2.45, 2.75) is 52.0 Å². The highest BCUT2D eigenvalue weighted by Gasteiger charge is 2.18. The van der Waals surface area contributed by atoms with Crippen LogP contribution in [-0.2, 0) is 0 Å². The molecule has 0 radical (unpaired) electrons. The third kappa shape index (κ3) is 5.36. The molecule has 0 aromatic carbocycles. The van der Waals surface area contributed by atoms with E-state index in [0.29, 0.717) is 18.4 Å². The van der Waals surface area contributed by atoms with Gasteiger partial charge in [-0.1, -0.05) is 26.7 Å². The molecule has 0 saturated heterocycles. The first kappa shape index (κ1) is 14.2. The molecule has 1 aliphatic rings. The normalized spacial score (nSPS) is 15.9. The maximum absolute atomic E-state index is 8.67. The van der Waals surface area contributed by atoms with Gasteiger partial charge >= 0.3 is 0 Å². The van der Waals surface area contributed by atoms with Crippen LogP contribution in [0, 0.1) is 17.2 Å². The summed E-state index contributed by atoms with van der Waals surface area (Å²) in [4.78, 5) is 2.14. The molecule has 1 N–H and O–H groups in total. The second-order valence-corrected chi connectivity index (χ2v) is 5.57. The summed E-state index contributed by atoms with van der Waals surface area (Å²) >= 11 is 5.45. The van der Waals surface area contributed by atoms with Gasteiger partial charge in [-0.15, -0.1) is 0 Å². The van der Waals surface area contributed by atoms with Crippen LogP contribution in [-0.4, -0.2) is 29.1 Å². The molecule has 0 aromatic heterocycles. The van der Waals surface area contributed by atoms with Gasteiger partial charge in [0.05, 0.1) is 12.5 Å². The van der Waals surface area contributed by atoms with Crippen molar-refractivity contribution in [2.75, 3.05) is 13.1 Å². The molecular weight excluding hydrogens is 230 g/mol. The van der Waals surface area contributed by atoms with E-state index in [0.717, 1.165) is 18.2 Å². The lowest BCUT2D eigenvalue weighted by Crippen LogP contribution is -2.45. The minimum atomic E-state index is 0.541. The Labute approximate surface area is 110 Å². The van der Waals surface area contributed by atoms with E-state index in [9.17, 15) is 0 Å². The molecule has 0 aromatic rings. The number of thiocarbonyl (C=S) groups is 1. The number of rotatable bonds is 5. The highest BCUT2D eigenvalue weighted by molar-refractivity contribution is 7.80. The molecular formula is C13H23N3S. The van der Waals surface area contributed by atoms with Crippen molar-refractivity contribution in [3.63, 3.8) is 0 Å². The van der Waals surface area contributed by atoms with Gasteiger partial charge in [-0.05, 0) is 31.0 Å². The molecule has 1 aliphatic carbocycles. The topological polar surface area (TPSA) is 39.1 Å². The third-order valence-electron chi connectivity index (χ3n) is 3.05. The van der Waals surface area contributed by atoms with E-state index in [1.54, 1.807) is 0 Å². The van der Waals surface area contributed by atoms with Crippen LogP contribution >= 0.6 is 12.2 Å². The van der Waals surface area contributed by atoms with E-state index in [4.69, 9.17) is 17.5 Å². The van der Waals surface area contributed by atoms with Crippen molar-refractivity contribution in [2.24, 2.45) is 5.92 Å². The molecule has 1 rings (SSSR count). The summed E-state index contributed by atoms with van der Waals surface area (Å²) in [7, 11) is 0. The third-order valence-corrected chi connectivity index (χ3v) is 3.43. The van der Waals surface area contributed by atoms with Gasteiger partial charge in [-0.25, -0.2) is 0 Å². The number of hydrogen-bond acceptors (Lipinski definition) is 2. The fourth-order valence-electron chi connectivity index (χ4n) is 2.24. The summed E-state index contributed by atoms with van der Waals surface area (Å²) in [5.41, 5.74) is 0. The second-order valence-electron chi connectivity index (χ2n) is 5.18. The van der Waals surface area contributed by atoms with Crippen LogP contribution < -0.4 is 5.32 Å². The van der Waals surface area contributed by atoms with Crippen LogP contribution in [0.15, 0.2) is 0 Å². The minimum absolute atomic E-state index is 0.541. The number of nitrogens with zero attached hydrogens (tertiary/aromatic N) is 2. The van der Waals surface area contributed by atoms with Gasteiger partial charge in [-0.2, -0.15) is 5.26 Å². The minimum Gasteiger partial charge on any atom is -0.360 e. The quantitative estimate of drug-likeness (QED) is 0.765. The lowest BCUT2D eigenvalue weighted by molar-refractivity contribution is 0.361. The maximum atomic E-state index is 8.67. The first-order chi connectivity index (χ1) is 8.13. The Hall–Kier alpha value is -0.820. The van der Waals surface area contributed by atoms with Crippen molar-refractivity contribution in [3.8, 4) is 6.07 Å². The average Bonchev–Trinajstić information content (AvgIpc) is 2.76. The fourth-order valence-corrected chi connectivity index (χ4v) is 2.57. The largest absolute Gasteiger partial charge is 0.360 e. The predicted octanol–water partition coefficient (Wildman–Crippen LogP) is 2.68. The van der Waals surface area contributed by atoms with E-state index >= 15 is 0 Å². The molecule has 0 aliphatic heterocycles. The maximum Gasteiger partial charge on any atom is 0.169 e. The van der Waals surface area contributed by atoms with Crippen LogP contribution in [0.2, 0.25) is 0 Å². The Balaban J connectivity index is 2.43. The van der Waals surface area contributed by atoms with E-state index in [1.165, 1.54) is 25.7 Å². The molecule has 17 heavy (non-hydrogen) atoms. The zero-order valence-corrected chi connectivity index (χ0v) is 11.7. The van der Waals surface area contributed by atoms with Crippen molar-refractivity contribution >= 4 is 17.3 Å². The second kappa shape index (κ2) is 7.50. The number of hydrogen-bond donors (Lipinski definition) is 1. The molecule has 3 nitrogen and oxygen atoms in total. The van der Waals surface area contributed by atoms with Gasteiger partial charge in [0.25, 0.3) is 0 Å². The smallest absolute Gasteiger partial charge is 0.169 e. The van der Waals surface area contributed by atoms with Crippen molar-refractivity contribution in [3.05, 3.63) is 0 Å². The van der Waals surface area contributed by atoms with Crippen molar-refractivity contribution < 1.29 is 0 Å². The fraction of sp³-hybridized carbons (Fsp3) is 0.846. The van der Waals surface area contributed by atoms with Gasteiger partial charge < -0.3 is 10.2 Å². The monoisotopic (exact) mass is 253 g/mol. The van der Waals surface area contributed by atoms with Crippen LogP contribution in [0.3, 0.4) is 0 Å².